The minimum atomic E-state index is 0.330. The highest BCUT2D eigenvalue weighted by Gasteiger charge is 1.92. The van der Waals surface area contributed by atoms with E-state index in [1.54, 1.807) is 6.92 Å². The number of hydrogen-bond donors (Lipinski definition) is 0. The van der Waals surface area contributed by atoms with Crippen molar-refractivity contribution >= 4 is 5.78 Å². The van der Waals surface area contributed by atoms with Gasteiger partial charge in [0.1, 0.15) is 5.78 Å². The summed E-state index contributed by atoms with van der Waals surface area (Å²) in [5.41, 5.74) is 0. The summed E-state index contributed by atoms with van der Waals surface area (Å²) in [6.07, 6.45) is 6.99. The van der Waals surface area contributed by atoms with Crippen molar-refractivity contribution in [2.24, 2.45) is 0 Å². The van der Waals surface area contributed by atoms with Crippen molar-refractivity contribution in [1.82, 2.24) is 0 Å². The van der Waals surface area contributed by atoms with Gasteiger partial charge in [0.05, 0.1) is 0 Å². The van der Waals surface area contributed by atoms with Crippen molar-refractivity contribution in [3.63, 3.8) is 0 Å². The van der Waals surface area contributed by atoms with Crippen LogP contribution in [0, 0.1) is 0 Å². The van der Waals surface area contributed by atoms with Gasteiger partial charge in [0.15, 0.2) is 0 Å². The number of Topliss-reactive ketones (excluding diaryl/α,β-unsaturated/α-hetero) is 1. The SMILES string of the molecule is CCCCCCCC(C)=O.CCOCC. The van der Waals surface area contributed by atoms with Crippen molar-refractivity contribution in [2.45, 2.75) is 66.2 Å². The predicted molar refractivity (Wildman–Crippen MR) is 66.2 cm³/mol. The van der Waals surface area contributed by atoms with Crippen LogP contribution in [0.25, 0.3) is 0 Å². The van der Waals surface area contributed by atoms with Crippen LogP contribution < -0.4 is 0 Å². The number of hydrogen-bond acceptors (Lipinski definition) is 2. The van der Waals surface area contributed by atoms with E-state index in [-0.39, 0.29) is 0 Å². The highest BCUT2D eigenvalue weighted by atomic mass is 16.5. The van der Waals surface area contributed by atoms with Crippen molar-refractivity contribution in [3.05, 3.63) is 0 Å². The third-order valence-electron chi connectivity index (χ3n) is 2.04. The minimum Gasteiger partial charge on any atom is -0.382 e. The van der Waals surface area contributed by atoms with Crippen molar-refractivity contribution < 1.29 is 9.53 Å². The molecule has 0 aromatic carbocycles. The zero-order valence-electron chi connectivity index (χ0n) is 11.0. The van der Waals surface area contributed by atoms with Crippen LogP contribution in [-0.2, 0) is 9.53 Å². The number of ether oxygens (including phenoxy) is 1. The molecule has 0 rings (SSSR count). The average molecular weight is 216 g/mol. The first kappa shape index (κ1) is 17.0. The van der Waals surface area contributed by atoms with Crippen LogP contribution in [0.4, 0.5) is 0 Å². The molecule has 0 unspecified atom stereocenters. The van der Waals surface area contributed by atoms with Crippen molar-refractivity contribution in [2.75, 3.05) is 13.2 Å². The van der Waals surface area contributed by atoms with Gasteiger partial charge in [-0.15, -0.1) is 0 Å². The number of carbonyl (C=O) groups is 1. The van der Waals surface area contributed by atoms with Crippen LogP contribution in [-0.4, -0.2) is 19.0 Å². The molecule has 0 fully saturated rings. The lowest BCUT2D eigenvalue weighted by atomic mass is 10.1. The molecule has 0 atom stereocenters. The highest BCUT2D eigenvalue weighted by Crippen LogP contribution is 2.04. The Bertz CT molecular complexity index is 120. The molecular weight excluding hydrogens is 188 g/mol. The first-order chi connectivity index (χ1) is 7.18. The van der Waals surface area contributed by atoms with E-state index >= 15 is 0 Å². The number of carbonyl (C=O) groups excluding carboxylic acids is 1. The van der Waals surface area contributed by atoms with E-state index in [1.165, 1.54) is 25.7 Å². The van der Waals surface area contributed by atoms with Crippen LogP contribution in [0.1, 0.15) is 66.2 Å². The minimum absolute atomic E-state index is 0.330. The molecule has 0 saturated heterocycles. The summed E-state index contributed by atoms with van der Waals surface area (Å²) >= 11 is 0. The molecule has 0 amide bonds. The smallest absolute Gasteiger partial charge is 0.129 e. The second-order valence-electron chi connectivity index (χ2n) is 3.65. The molecule has 0 aromatic rings. The monoisotopic (exact) mass is 216 g/mol. The Labute approximate surface area is 95.4 Å². The quantitative estimate of drug-likeness (QED) is 0.574. The molecule has 0 aliphatic heterocycles. The normalized spacial score (nSPS) is 9.33. The molecule has 0 aliphatic carbocycles. The Hall–Kier alpha value is -0.370. The van der Waals surface area contributed by atoms with Crippen LogP contribution in [0.5, 0.6) is 0 Å². The van der Waals surface area contributed by atoms with Crippen LogP contribution in [0.2, 0.25) is 0 Å². The Morgan fingerprint density at radius 3 is 1.80 bits per heavy atom. The third kappa shape index (κ3) is 24.8. The molecule has 92 valence electrons. The fraction of sp³-hybridized carbons (Fsp3) is 0.923. The van der Waals surface area contributed by atoms with E-state index in [9.17, 15) is 4.79 Å². The molecule has 0 aliphatic rings. The molecule has 2 nitrogen and oxygen atoms in total. The molecule has 0 spiro atoms. The van der Waals surface area contributed by atoms with Gasteiger partial charge in [-0.3, -0.25) is 0 Å². The van der Waals surface area contributed by atoms with Crippen molar-refractivity contribution in [1.29, 1.82) is 0 Å². The summed E-state index contributed by atoms with van der Waals surface area (Å²) in [6.45, 7) is 9.53. The zero-order valence-corrected chi connectivity index (χ0v) is 11.0. The van der Waals surface area contributed by atoms with E-state index < -0.39 is 0 Å². The second kappa shape index (κ2) is 16.1. The number of unbranched alkanes of at least 4 members (excludes halogenated alkanes) is 4. The molecular formula is C13H28O2. The Morgan fingerprint density at radius 2 is 1.47 bits per heavy atom. The summed E-state index contributed by atoms with van der Waals surface area (Å²) < 4.78 is 4.83. The Morgan fingerprint density at radius 1 is 0.933 bits per heavy atom. The lowest BCUT2D eigenvalue weighted by Crippen LogP contribution is -1.88. The van der Waals surface area contributed by atoms with Crippen LogP contribution in [0.15, 0.2) is 0 Å². The maximum atomic E-state index is 10.5. The van der Waals surface area contributed by atoms with E-state index in [0.29, 0.717) is 5.78 Å². The molecule has 0 heterocycles. The van der Waals surface area contributed by atoms with Crippen LogP contribution >= 0.6 is 0 Å². The summed E-state index contributed by atoms with van der Waals surface area (Å²) in [7, 11) is 0. The van der Waals surface area contributed by atoms with E-state index in [0.717, 1.165) is 26.1 Å². The molecule has 0 radical (unpaired) electrons. The second-order valence-corrected chi connectivity index (χ2v) is 3.65. The van der Waals surface area contributed by atoms with Crippen molar-refractivity contribution in [3.8, 4) is 0 Å². The fourth-order valence-corrected chi connectivity index (χ4v) is 1.18. The van der Waals surface area contributed by atoms with Gasteiger partial charge in [-0.2, -0.15) is 0 Å². The topological polar surface area (TPSA) is 26.3 Å². The van der Waals surface area contributed by atoms with Gasteiger partial charge < -0.3 is 9.53 Å². The average Bonchev–Trinajstić information content (AvgIpc) is 2.19. The van der Waals surface area contributed by atoms with Gasteiger partial charge >= 0.3 is 0 Å². The third-order valence-corrected chi connectivity index (χ3v) is 2.04. The van der Waals surface area contributed by atoms with Gasteiger partial charge in [0.25, 0.3) is 0 Å². The maximum absolute atomic E-state index is 10.5. The van der Waals surface area contributed by atoms with Gasteiger partial charge in [0.2, 0.25) is 0 Å². The highest BCUT2D eigenvalue weighted by molar-refractivity contribution is 5.75. The molecule has 2 heteroatoms. The summed E-state index contributed by atoms with van der Waals surface area (Å²) in [5, 5.41) is 0. The molecule has 0 bridgehead atoms. The maximum Gasteiger partial charge on any atom is 0.129 e. The lowest BCUT2D eigenvalue weighted by molar-refractivity contribution is -0.117. The number of ketones is 1. The number of rotatable bonds is 8. The van der Waals surface area contributed by atoms with E-state index in [1.807, 2.05) is 13.8 Å². The summed E-state index contributed by atoms with van der Waals surface area (Å²) in [4.78, 5) is 10.5. The summed E-state index contributed by atoms with van der Waals surface area (Å²) in [5.74, 6) is 0.330. The van der Waals surface area contributed by atoms with E-state index in [2.05, 4.69) is 6.92 Å². The Balaban J connectivity index is 0. The van der Waals surface area contributed by atoms with Gasteiger partial charge in [-0.05, 0) is 27.2 Å². The first-order valence-electron chi connectivity index (χ1n) is 6.26. The largest absolute Gasteiger partial charge is 0.382 e. The molecule has 15 heavy (non-hydrogen) atoms. The predicted octanol–water partition coefficient (Wildman–Crippen LogP) is 3.98. The fourth-order valence-electron chi connectivity index (χ4n) is 1.18. The molecule has 0 aromatic heterocycles. The summed E-state index contributed by atoms with van der Waals surface area (Å²) in [6, 6.07) is 0. The van der Waals surface area contributed by atoms with Gasteiger partial charge in [0, 0.05) is 19.6 Å². The van der Waals surface area contributed by atoms with E-state index in [4.69, 9.17) is 4.74 Å². The molecule has 0 saturated carbocycles. The Kier molecular flexibility index (Phi) is 18.3. The first-order valence-corrected chi connectivity index (χ1v) is 6.26. The standard InChI is InChI=1S/C9H18O.C4H10O/c1-3-4-5-6-7-8-9(2)10;1-3-5-4-2/h3-8H2,1-2H3;3-4H2,1-2H3. The molecule has 0 N–H and O–H groups in total. The zero-order chi connectivity index (χ0) is 11.9. The van der Waals surface area contributed by atoms with Gasteiger partial charge in [-0.1, -0.05) is 32.6 Å². The van der Waals surface area contributed by atoms with Gasteiger partial charge in [-0.25, -0.2) is 0 Å². The van der Waals surface area contributed by atoms with Crippen LogP contribution in [0.3, 0.4) is 0 Å². The lowest BCUT2D eigenvalue weighted by Gasteiger charge is -1.95.